The molecular weight excluding hydrogens is 260 g/mol. The normalized spacial score (nSPS) is 11.1. The van der Waals surface area contributed by atoms with Crippen molar-refractivity contribution in [2.24, 2.45) is 0 Å². The predicted molar refractivity (Wildman–Crippen MR) is 97.4 cm³/mol. The van der Waals surface area contributed by atoms with Gasteiger partial charge in [-0.1, -0.05) is 103 Å². The Morgan fingerprint density at radius 2 is 0.800 bits per heavy atom. The smallest absolute Gasteiger partial charge is 0.00235 e. The summed E-state index contributed by atoms with van der Waals surface area (Å²) < 4.78 is 0. The molecule has 0 atom stereocenters. The van der Waals surface area contributed by atoms with Crippen molar-refractivity contribution in [3.63, 3.8) is 0 Å². The zero-order chi connectivity index (χ0) is 14.7. The van der Waals surface area contributed by atoms with Gasteiger partial charge in [0.05, 0.1) is 0 Å². The maximum atomic E-state index is 3.81. The molecule has 0 aromatic carbocycles. The van der Waals surface area contributed by atoms with Gasteiger partial charge in [0.1, 0.15) is 0 Å². The lowest BCUT2D eigenvalue weighted by molar-refractivity contribution is 0.532. The van der Waals surface area contributed by atoms with Gasteiger partial charge in [-0.2, -0.15) is 11.8 Å². The Balaban J connectivity index is 2.89. The molecule has 0 rings (SSSR count). The molecule has 0 saturated heterocycles. The number of rotatable bonds is 17. The van der Waals surface area contributed by atoms with Crippen LogP contribution in [0.1, 0.15) is 110 Å². The van der Waals surface area contributed by atoms with Crippen LogP contribution < -0.4 is 0 Å². The van der Waals surface area contributed by atoms with E-state index in [1.54, 1.807) is 11.8 Å². The van der Waals surface area contributed by atoms with Gasteiger partial charge in [-0.15, -0.1) is 0 Å². The fourth-order valence-corrected chi connectivity index (χ4v) is 3.16. The molecule has 0 aromatic heterocycles. The summed E-state index contributed by atoms with van der Waals surface area (Å²) in [6, 6.07) is 0. The monoisotopic (exact) mass is 299 g/mol. The number of unbranched alkanes of at least 4 members (excludes halogenated alkanes) is 15. The fraction of sp³-hybridized carbons (Fsp3) is 0.947. The van der Waals surface area contributed by atoms with E-state index in [2.05, 4.69) is 13.2 Å². The van der Waals surface area contributed by atoms with Gasteiger partial charge in [0.25, 0.3) is 0 Å². The summed E-state index contributed by atoms with van der Waals surface area (Å²) in [6.07, 6.45) is 27.1. The molecule has 0 nitrogen and oxygen atoms in total. The van der Waals surface area contributed by atoms with Crippen molar-refractivity contribution in [2.75, 3.05) is 5.75 Å². The first-order valence-electron chi connectivity index (χ1n) is 9.28. The molecule has 0 saturated carbocycles. The van der Waals surface area contributed by atoms with Gasteiger partial charge in [0.15, 0.2) is 0 Å². The Hall–Kier alpha value is 0.350. The molecule has 0 aliphatic heterocycles. The van der Waals surface area contributed by atoms with E-state index in [9.17, 15) is 0 Å². The van der Waals surface area contributed by atoms with Crippen LogP contribution >= 0.6 is 11.8 Å². The molecule has 0 aromatic rings. The molecule has 0 spiro atoms. The van der Waals surface area contributed by atoms with Gasteiger partial charge in [-0.25, -0.2) is 0 Å². The molecule has 0 heterocycles. The lowest BCUT2D eigenvalue weighted by Gasteiger charge is -2.03. The Labute approximate surface area is 133 Å². The second-order valence-electron chi connectivity index (χ2n) is 6.21. The number of hydrogen-bond donors (Lipinski definition) is 0. The second kappa shape index (κ2) is 19.4. The minimum Gasteiger partial charge on any atom is -0.161 e. The molecule has 20 heavy (non-hydrogen) atoms. The Kier molecular flexibility index (Phi) is 19.7. The van der Waals surface area contributed by atoms with Crippen molar-refractivity contribution in [2.45, 2.75) is 110 Å². The van der Waals surface area contributed by atoms with E-state index in [0.29, 0.717) is 0 Å². The molecule has 0 unspecified atom stereocenters. The standard InChI is InChI=1S/C19H39S/c1-3-4-5-6-7-8-9-10-11-12-13-14-15-16-17-18-19-20-2/h2-19H2,1H3. The quantitative estimate of drug-likeness (QED) is 0.247. The highest BCUT2D eigenvalue weighted by Gasteiger charge is 1.94. The third kappa shape index (κ3) is 18.4. The van der Waals surface area contributed by atoms with Crippen LogP contribution in [-0.4, -0.2) is 5.75 Å². The lowest BCUT2D eigenvalue weighted by Crippen LogP contribution is -1.84. The highest BCUT2D eigenvalue weighted by molar-refractivity contribution is 8.00. The average Bonchev–Trinajstić information content (AvgIpc) is 2.47. The Bertz CT molecular complexity index is 138. The Morgan fingerprint density at radius 1 is 0.500 bits per heavy atom. The molecule has 0 fully saturated rings. The molecule has 1 radical (unpaired) electrons. The van der Waals surface area contributed by atoms with E-state index in [1.807, 2.05) is 0 Å². The topological polar surface area (TPSA) is 0 Å². The van der Waals surface area contributed by atoms with Crippen LogP contribution in [0.2, 0.25) is 0 Å². The number of hydrogen-bond acceptors (Lipinski definition) is 1. The Morgan fingerprint density at radius 3 is 1.10 bits per heavy atom. The van der Waals surface area contributed by atoms with Gasteiger partial charge in [-0.3, -0.25) is 0 Å². The molecular formula is C19H39S. The maximum absolute atomic E-state index is 3.81. The molecule has 121 valence electrons. The van der Waals surface area contributed by atoms with E-state index in [4.69, 9.17) is 0 Å². The largest absolute Gasteiger partial charge is 0.161 e. The van der Waals surface area contributed by atoms with Crippen LogP contribution in [0.25, 0.3) is 0 Å². The van der Waals surface area contributed by atoms with Crippen LogP contribution in [0.15, 0.2) is 0 Å². The van der Waals surface area contributed by atoms with Crippen molar-refractivity contribution in [1.82, 2.24) is 0 Å². The first kappa shape index (κ1) is 20.3. The van der Waals surface area contributed by atoms with Crippen molar-refractivity contribution in [3.05, 3.63) is 6.26 Å². The van der Waals surface area contributed by atoms with Gasteiger partial charge in [0.2, 0.25) is 0 Å². The van der Waals surface area contributed by atoms with Crippen LogP contribution in [0.3, 0.4) is 0 Å². The van der Waals surface area contributed by atoms with E-state index in [1.165, 1.54) is 108 Å². The van der Waals surface area contributed by atoms with Gasteiger partial charge >= 0.3 is 0 Å². The maximum Gasteiger partial charge on any atom is 0.00235 e. The van der Waals surface area contributed by atoms with E-state index in [-0.39, 0.29) is 0 Å². The molecule has 0 bridgehead atoms. The zero-order valence-electron chi connectivity index (χ0n) is 14.1. The highest BCUT2D eigenvalue weighted by Crippen LogP contribution is 2.14. The van der Waals surface area contributed by atoms with Crippen molar-refractivity contribution < 1.29 is 0 Å². The summed E-state index contributed by atoms with van der Waals surface area (Å²) in [7, 11) is 0. The minimum absolute atomic E-state index is 1.25. The van der Waals surface area contributed by atoms with E-state index < -0.39 is 0 Å². The third-order valence-electron chi connectivity index (χ3n) is 4.14. The van der Waals surface area contributed by atoms with E-state index in [0.717, 1.165) is 0 Å². The molecule has 0 aliphatic rings. The summed E-state index contributed by atoms with van der Waals surface area (Å²) in [4.78, 5) is 0. The summed E-state index contributed by atoms with van der Waals surface area (Å²) in [5.41, 5.74) is 0. The van der Waals surface area contributed by atoms with Crippen LogP contribution in [-0.2, 0) is 0 Å². The molecule has 0 N–H and O–H groups in total. The summed E-state index contributed by atoms with van der Waals surface area (Å²) in [5, 5.41) is 0. The van der Waals surface area contributed by atoms with Gasteiger partial charge < -0.3 is 0 Å². The van der Waals surface area contributed by atoms with Crippen LogP contribution in [0.4, 0.5) is 0 Å². The third-order valence-corrected chi connectivity index (χ3v) is 4.72. The first-order chi connectivity index (χ1) is 9.91. The van der Waals surface area contributed by atoms with Gasteiger partial charge in [0, 0.05) is 6.26 Å². The van der Waals surface area contributed by atoms with Crippen molar-refractivity contribution in [1.29, 1.82) is 0 Å². The minimum atomic E-state index is 1.25. The van der Waals surface area contributed by atoms with Crippen LogP contribution in [0.5, 0.6) is 0 Å². The molecule has 0 amide bonds. The van der Waals surface area contributed by atoms with E-state index >= 15 is 0 Å². The zero-order valence-corrected chi connectivity index (χ0v) is 15.0. The first-order valence-corrected chi connectivity index (χ1v) is 10.4. The molecule has 0 aliphatic carbocycles. The van der Waals surface area contributed by atoms with Crippen molar-refractivity contribution >= 4 is 11.8 Å². The molecule has 1 heteroatoms. The second-order valence-corrected chi connectivity index (χ2v) is 7.03. The average molecular weight is 300 g/mol. The lowest BCUT2D eigenvalue weighted by atomic mass is 10.0. The summed E-state index contributed by atoms with van der Waals surface area (Å²) in [6.45, 7) is 2.29. The number of thioether (sulfide) groups is 1. The van der Waals surface area contributed by atoms with Crippen molar-refractivity contribution in [3.8, 4) is 0 Å². The highest BCUT2D eigenvalue weighted by atomic mass is 32.2. The predicted octanol–water partition coefficient (Wildman–Crippen LogP) is 7.77. The van der Waals surface area contributed by atoms with Crippen LogP contribution in [0, 0.1) is 6.26 Å². The fourth-order valence-electron chi connectivity index (χ4n) is 2.75. The summed E-state index contributed by atoms with van der Waals surface area (Å²) >= 11 is 1.74. The van der Waals surface area contributed by atoms with Gasteiger partial charge in [-0.05, 0) is 12.2 Å². The SMILES string of the molecule is [CH2]SCCCCCCCCCCCCCCCCCC. The summed E-state index contributed by atoms with van der Waals surface area (Å²) in [5.74, 6) is 1.25.